The zero-order valence-electron chi connectivity index (χ0n) is 20.0. The molecule has 1 saturated heterocycles. The van der Waals surface area contributed by atoms with Gasteiger partial charge in [0.05, 0.1) is 21.6 Å². The molecule has 0 unspecified atom stereocenters. The molecule has 1 aliphatic rings. The van der Waals surface area contributed by atoms with Crippen molar-refractivity contribution in [1.29, 1.82) is 0 Å². The third-order valence-corrected chi connectivity index (χ3v) is 7.11. The molecule has 0 saturated carbocycles. The highest BCUT2D eigenvalue weighted by molar-refractivity contribution is 8.18. The first-order chi connectivity index (χ1) is 18.2. The molecule has 1 fully saturated rings. The Labute approximate surface area is 238 Å². The second-order valence-electron chi connectivity index (χ2n) is 7.97. The minimum atomic E-state index is -0.590. The van der Waals surface area contributed by atoms with Gasteiger partial charge in [-0.25, -0.2) is 0 Å². The van der Waals surface area contributed by atoms with Gasteiger partial charge in [0, 0.05) is 16.3 Å². The topological polar surface area (TPSA) is 84.9 Å². The fraction of sp³-hybridized carbons (Fsp3) is 0.148. The van der Waals surface area contributed by atoms with Gasteiger partial charge >= 0.3 is 0 Å². The molecule has 0 atom stereocenters. The van der Waals surface area contributed by atoms with Gasteiger partial charge in [-0.3, -0.25) is 19.3 Å². The summed E-state index contributed by atoms with van der Waals surface area (Å²) in [5, 5.41) is 3.12. The number of hydrogen-bond donors (Lipinski definition) is 1. The van der Waals surface area contributed by atoms with Gasteiger partial charge in [-0.15, -0.1) is 0 Å². The van der Waals surface area contributed by atoms with Crippen LogP contribution in [0.15, 0.2) is 65.6 Å². The number of anilines is 1. The Bertz CT molecular complexity index is 1390. The highest BCUT2D eigenvalue weighted by Gasteiger charge is 2.36. The van der Waals surface area contributed by atoms with Gasteiger partial charge in [0.25, 0.3) is 11.1 Å². The Morgan fingerprint density at radius 2 is 1.66 bits per heavy atom. The van der Waals surface area contributed by atoms with Crippen molar-refractivity contribution in [2.24, 2.45) is 0 Å². The summed E-state index contributed by atoms with van der Waals surface area (Å²) < 4.78 is 11.1. The Balaban J connectivity index is 1.41. The number of benzene rings is 3. The summed E-state index contributed by atoms with van der Waals surface area (Å²) in [6.07, 6.45) is 1.49. The van der Waals surface area contributed by atoms with E-state index in [0.29, 0.717) is 28.6 Å². The van der Waals surface area contributed by atoms with E-state index in [4.69, 9.17) is 44.3 Å². The summed E-state index contributed by atoms with van der Waals surface area (Å²) in [7, 11) is 0. The number of amides is 3. The van der Waals surface area contributed by atoms with Crippen molar-refractivity contribution in [1.82, 2.24) is 4.90 Å². The second kappa shape index (κ2) is 12.6. The SMILES string of the molecule is CCOc1ccc(NC(=O)CN2C(=O)S/C(=C/c3cc(Cl)c(OCc4ccccc4Cl)c(Cl)c3)C2=O)cc1. The standard InChI is InChI=1S/C27H21Cl3N2O5S/c1-2-36-19-9-7-18(8-10-19)31-24(33)14-32-26(34)23(38-27(32)35)13-16-11-21(29)25(22(30)12-16)37-15-17-5-3-4-6-20(17)28/h3-13H,2,14-15H2,1H3,(H,31,33)/b23-13+. The number of ether oxygens (including phenoxy) is 2. The molecule has 0 radical (unpaired) electrons. The Hall–Kier alpha value is -3.17. The van der Waals surface area contributed by atoms with Gasteiger partial charge in [0.2, 0.25) is 5.91 Å². The first-order valence-corrected chi connectivity index (χ1v) is 13.3. The molecule has 1 heterocycles. The van der Waals surface area contributed by atoms with E-state index in [1.807, 2.05) is 25.1 Å². The molecule has 0 bridgehead atoms. The zero-order valence-corrected chi connectivity index (χ0v) is 23.1. The van der Waals surface area contributed by atoms with Crippen LogP contribution in [0.2, 0.25) is 15.1 Å². The number of rotatable bonds is 9. The van der Waals surface area contributed by atoms with Crippen LogP contribution in [0.5, 0.6) is 11.5 Å². The summed E-state index contributed by atoms with van der Waals surface area (Å²) in [4.78, 5) is 38.8. The summed E-state index contributed by atoms with van der Waals surface area (Å²) in [5.74, 6) is -0.164. The number of imide groups is 1. The highest BCUT2D eigenvalue weighted by Crippen LogP contribution is 2.38. The van der Waals surface area contributed by atoms with E-state index in [9.17, 15) is 14.4 Å². The lowest BCUT2D eigenvalue weighted by Gasteiger charge is -2.13. The van der Waals surface area contributed by atoms with Crippen molar-refractivity contribution in [3.8, 4) is 11.5 Å². The van der Waals surface area contributed by atoms with Crippen LogP contribution in [-0.2, 0) is 16.2 Å². The van der Waals surface area contributed by atoms with Crippen molar-refractivity contribution in [2.45, 2.75) is 13.5 Å². The minimum absolute atomic E-state index is 0.140. The first-order valence-electron chi connectivity index (χ1n) is 11.4. The maximum absolute atomic E-state index is 12.9. The fourth-order valence-corrected chi connectivity index (χ4v) is 5.14. The van der Waals surface area contributed by atoms with Crippen LogP contribution in [0.1, 0.15) is 18.1 Å². The van der Waals surface area contributed by atoms with Crippen molar-refractivity contribution < 1.29 is 23.9 Å². The van der Waals surface area contributed by atoms with E-state index >= 15 is 0 Å². The first kappa shape index (κ1) is 27.9. The van der Waals surface area contributed by atoms with Gasteiger partial charge in [-0.05, 0) is 72.8 Å². The molecule has 1 aliphatic heterocycles. The average molecular weight is 592 g/mol. The van der Waals surface area contributed by atoms with Crippen LogP contribution in [0, 0.1) is 0 Å². The third-order valence-electron chi connectivity index (χ3n) is 5.27. The molecular formula is C27H21Cl3N2O5S. The molecule has 196 valence electrons. The van der Waals surface area contributed by atoms with E-state index in [1.54, 1.807) is 42.5 Å². The van der Waals surface area contributed by atoms with Crippen LogP contribution in [0.3, 0.4) is 0 Å². The van der Waals surface area contributed by atoms with Gasteiger partial charge in [0.15, 0.2) is 5.75 Å². The Kier molecular flexibility index (Phi) is 9.22. The van der Waals surface area contributed by atoms with E-state index in [0.717, 1.165) is 22.2 Å². The van der Waals surface area contributed by atoms with Gasteiger partial charge in [-0.2, -0.15) is 0 Å². The van der Waals surface area contributed by atoms with Gasteiger partial charge < -0.3 is 14.8 Å². The lowest BCUT2D eigenvalue weighted by atomic mass is 10.2. The normalized spacial score (nSPS) is 14.2. The Morgan fingerprint density at radius 1 is 0.974 bits per heavy atom. The molecule has 0 spiro atoms. The van der Waals surface area contributed by atoms with E-state index < -0.39 is 23.6 Å². The molecular weight excluding hydrogens is 571 g/mol. The summed E-state index contributed by atoms with van der Waals surface area (Å²) in [6.45, 7) is 2.14. The maximum atomic E-state index is 12.9. The number of halogens is 3. The quantitative estimate of drug-likeness (QED) is 0.263. The van der Waals surface area contributed by atoms with Crippen LogP contribution in [0.25, 0.3) is 6.08 Å². The monoisotopic (exact) mass is 590 g/mol. The molecule has 0 aliphatic carbocycles. The molecule has 3 amide bonds. The number of nitrogens with one attached hydrogen (secondary N) is 1. The van der Waals surface area contributed by atoms with Crippen molar-refractivity contribution >= 4 is 75.4 Å². The number of nitrogens with zero attached hydrogens (tertiary/aromatic N) is 1. The number of carbonyl (C=O) groups excluding carboxylic acids is 3. The lowest BCUT2D eigenvalue weighted by molar-refractivity contribution is -0.127. The molecule has 1 N–H and O–H groups in total. The van der Waals surface area contributed by atoms with E-state index in [-0.39, 0.29) is 27.3 Å². The molecule has 11 heteroatoms. The molecule has 7 nitrogen and oxygen atoms in total. The van der Waals surface area contributed by atoms with Crippen LogP contribution in [0.4, 0.5) is 10.5 Å². The fourth-order valence-electron chi connectivity index (χ4n) is 3.50. The molecule has 4 rings (SSSR count). The Morgan fingerprint density at radius 3 is 2.32 bits per heavy atom. The average Bonchev–Trinajstić information content (AvgIpc) is 3.13. The smallest absolute Gasteiger partial charge is 0.294 e. The summed E-state index contributed by atoms with van der Waals surface area (Å²) in [5.41, 5.74) is 1.78. The van der Waals surface area contributed by atoms with Crippen molar-refractivity contribution in [3.05, 3.63) is 91.8 Å². The molecule has 0 aromatic heterocycles. The molecule has 3 aromatic rings. The lowest BCUT2D eigenvalue weighted by Crippen LogP contribution is -2.36. The predicted molar refractivity (Wildman–Crippen MR) is 151 cm³/mol. The van der Waals surface area contributed by atoms with Gasteiger partial charge in [0.1, 0.15) is 18.9 Å². The zero-order chi connectivity index (χ0) is 27.2. The number of carbonyl (C=O) groups is 3. The maximum Gasteiger partial charge on any atom is 0.294 e. The van der Waals surface area contributed by atoms with E-state index in [2.05, 4.69) is 5.32 Å². The summed E-state index contributed by atoms with van der Waals surface area (Å²) >= 11 is 19.7. The minimum Gasteiger partial charge on any atom is -0.494 e. The van der Waals surface area contributed by atoms with Crippen LogP contribution < -0.4 is 14.8 Å². The van der Waals surface area contributed by atoms with E-state index in [1.165, 1.54) is 6.08 Å². The largest absolute Gasteiger partial charge is 0.494 e. The second-order valence-corrected chi connectivity index (χ2v) is 10.2. The number of thioether (sulfide) groups is 1. The van der Waals surface area contributed by atoms with Crippen molar-refractivity contribution in [3.63, 3.8) is 0 Å². The molecule has 3 aromatic carbocycles. The highest BCUT2D eigenvalue weighted by atomic mass is 35.5. The summed E-state index contributed by atoms with van der Waals surface area (Å²) in [6, 6.07) is 17.2. The third kappa shape index (κ3) is 6.82. The van der Waals surface area contributed by atoms with Crippen molar-refractivity contribution in [2.75, 3.05) is 18.5 Å². The predicted octanol–water partition coefficient (Wildman–Crippen LogP) is 7.30. The van der Waals surface area contributed by atoms with Crippen LogP contribution in [-0.4, -0.2) is 35.1 Å². The van der Waals surface area contributed by atoms with Crippen LogP contribution >= 0.6 is 46.6 Å². The number of hydrogen-bond acceptors (Lipinski definition) is 6. The van der Waals surface area contributed by atoms with Gasteiger partial charge in [-0.1, -0.05) is 53.0 Å². The molecule has 38 heavy (non-hydrogen) atoms.